The molecule has 7 nitrogen and oxygen atoms in total. The van der Waals surface area contributed by atoms with Crippen LogP contribution >= 0.6 is 0 Å². The number of hydrogen-bond donors (Lipinski definition) is 1. The van der Waals surface area contributed by atoms with Crippen molar-refractivity contribution in [3.8, 4) is 11.1 Å². The summed E-state index contributed by atoms with van der Waals surface area (Å²) in [7, 11) is 2.17. The normalized spacial score (nSPS) is 15.0. The average Bonchev–Trinajstić information content (AvgIpc) is 3.13. The minimum absolute atomic E-state index is 0.318. The summed E-state index contributed by atoms with van der Waals surface area (Å²) < 4.78 is 4.55. The molecule has 1 aliphatic rings. The third-order valence-electron chi connectivity index (χ3n) is 4.74. The van der Waals surface area contributed by atoms with Crippen molar-refractivity contribution in [2.24, 2.45) is 0 Å². The topological polar surface area (TPSA) is 74.3 Å². The van der Waals surface area contributed by atoms with E-state index in [0.717, 1.165) is 43.0 Å². The molecule has 0 radical (unpaired) electrons. The van der Waals surface area contributed by atoms with Gasteiger partial charge in [0.2, 0.25) is 0 Å². The highest BCUT2D eigenvalue weighted by Crippen LogP contribution is 2.33. The number of nitrogens with one attached hydrogen (secondary N) is 1. The molecule has 29 heavy (non-hydrogen) atoms. The van der Waals surface area contributed by atoms with Crippen molar-refractivity contribution in [1.82, 2.24) is 19.9 Å². The number of rotatable bonds is 3. The Kier molecular flexibility index (Phi) is 6.49. The molecule has 1 aromatic carbocycles. The van der Waals surface area contributed by atoms with Crippen molar-refractivity contribution in [2.75, 3.05) is 38.1 Å². The number of ether oxygens (including phenoxy) is 1. The minimum atomic E-state index is -0.318. The molecule has 0 atom stereocenters. The number of anilines is 1. The molecule has 0 spiro atoms. The van der Waals surface area contributed by atoms with E-state index in [4.69, 9.17) is 0 Å². The molecule has 4 rings (SSSR count). The van der Waals surface area contributed by atoms with Gasteiger partial charge in [-0.2, -0.15) is 0 Å². The van der Waals surface area contributed by atoms with Gasteiger partial charge in [-0.3, -0.25) is 4.79 Å². The first-order chi connectivity index (χ1) is 13.9. The predicted molar refractivity (Wildman–Crippen MR) is 116 cm³/mol. The fourth-order valence-corrected chi connectivity index (χ4v) is 3.19. The summed E-state index contributed by atoms with van der Waals surface area (Å²) in [5, 5.41) is 1.12. The van der Waals surface area contributed by atoms with E-state index in [0.29, 0.717) is 6.47 Å². The molecule has 7 heteroatoms. The van der Waals surface area contributed by atoms with Gasteiger partial charge in [0, 0.05) is 37.9 Å². The second-order valence-corrected chi connectivity index (χ2v) is 8.11. The Balaban J connectivity index is 0.000000298. The molecule has 1 fully saturated rings. The van der Waals surface area contributed by atoms with Gasteiger partial charge in [0.25, 0.3) is 6.47 Å². The monoisotopic (exact) mass is 395 g/mol. The molecule has 3 aromatic rings. The van der Waals surface area contributed by atoms with E-state index >= 15 is 0 Å². The van der Waals surface area contributed by atoms with Crippen molar-refractivity contribution in [2.45, 2.75) is 26.4 Å². The maximum atomic E-state index is 9.60. The first kappa shape index (κ1) is 20.8. The lowest BCUT2D eigenvalue weighted by Gasteiger charge is -2.33. The summed E-state index contributed by atoms with van der Waals surface area (Å²) in [4.78, 5) is 26.6. The summed E-state index contributed by atoms with van der Waals surface area (Å²) in [5.74, 6) is 1.04. The Morgan fingerprint density at radius 1 is 1.07 bits per heavy atom. The molecule has 1 saturated heterocycles. The number of aromatic nitrogens is 3. The molecule has 0 saturated carbocycles. The van der Waals surface area contributed by atoms with E-state index in [9.17, 15) is 4.79 Å². The number of carbonyl (C=O) groups excluding carboxylic acids is 1. The van der Waals surface area contributed by atoms with Crippen LogP contribution in [0.3, 0.4) is 0 Å². The van der Waals surface area contributed by atoms with Crippen LogP contribution < -0.4 is 4.90 Å². The Labute approximate surface area is 171 Å². The standard InChI is InChI=1S/C17H19N5.C5H10O2/c1-21-7-9-22(10-8-21)17-15-14(13-5-3-2-4-6-13)11-18-16(15)19-12-20-17;1-5(2,3)7-4-6/h2-6,11-12H,7-10H2,1H3,(H,18,19,20);4H,1-3H3. The van der Waals surface area contributed by atoms with Gasteiger partial charge in [-0.05, 0) is 33.4 Å². The zero-order valence-electron chi connectivity index (χ0n) is 17.6. The number of aromatic amines is 1. The van der Waals surface area contributed by atoms with Crippen molar-refractivity contribution in [3.05, 3.63) is 42.9 Å². The number of piperazine rings is 1. The molecule has 3 heterocycles. The average molecular weight is 396 g/mol. The molecule has 154 valence electrons. The second-order valence-electron chi connectivity index (χ2n) is 8.11. The third-order valence-corrected chi connectivity index (χ3v) is 4.74. The fraction of sp³-hybridized carbons (Fsp3) is 0.409. The largest absolute Gasteiger partial charge is 0.462 e. The number of carbonyl (C=O) groups is 1. The van der Waals surface area contributed by atoms with Crippen molar-refractivity contribution in [1.29, 1.82) is 0 Å². The van der Waals surface area contributed by atoms with Gasteiger partial charge < -0.3 is 19.5 Å². The zero-order chi connectivity index (χ0) is 20.9. The lowest BCUT2D eigenvalue weighted by atomic mass is 10.1. The van der Waals surface area contributed by atoms with Crippen LogP contribution in [0.5, 0.6) is 0 Å². The van der Waals surface area contributed by atoms with Gasteiger partial charge >= 0.3 is 0 Å². The van der Waals surface area contributed by atoms with E-state index in [1.807, 2.05) is 33.0 Å². The van der Waals surface area contributed by atoms with E-state index in [-0.39, 0.29) is 5.60 Å². The van der Waals surface area contributed by atoms with Gasteiger partial charge in [0.05, 0.1) is 5.39 Å². The Bertz CT molecular complexity index is 925. The smallest absolute Gasteiger partial charge is 0.293 e. The first-order valence-electron chi connectivity index (χ1n) is 9.81. The van der Waals surface area contributed by atoms with Gasteiger partial charge in [-0.25, -0.2) is 9.97 Å². The summed E-state index contributed by atoms with van der Waals surface area (Å²) in [6.07, 6.45) is 3.69. The lowest BCUT2D eigenvalue weighted by molar-refractivity contribution is -0.138. The van der Waals surface area contributed by atoms with Crippen LogP contribution in [-0.4, -0.2) is 65.2 Å². The third kappa shape index (κ3) is 5.32. The lowest BCUT2D eigenvalue weighted by Crippen LogP contribution is -2.44. The number of fused-ring (bicyclic) bond motifs is 1. The van der Waals surface area contributed by atoms with E-state index in [1.54, 1.807) is 6.33 Å². The maximum Gasteiger partial charge on any atom is 0.293 e. The van der Waals surface area contributed by atoms with Gasteiger partial charge in [-0.15, -0.1) is 0 Å². The molecular weight excluding hydrogens is 366 g/mol. The zero-order valence-corrected chi connectivity index (χ0v) is 17.6. The minimum Gasteiger partial charge on any atom is -0.462 e. The molecule has 2 aromatic heterocycles. The summed E-state index contributed by atoms with van der Waals surface area (Å²) in [6.45, 7) is 10.1. The first-order valence-corrected chi connectivity index (χ1v) is 9.81. The van der Waals surface area contributed by atoms with E-state index in [2.05, 4.69) is 60.8 Å². The van der Waals surface area contributed by atoms with Gasteiger partial charge in [0.15, 0.2) is 0 Å². The predicted octanol–water partition coefficient (Wildman–Crippen LogP) is 3.33. The Morgan fingerprint density at radius 2 is 1.76 bits per heavy atom. The van der Waals surface area contributed by atoms with Crippen LogP contribution in [0.15, 0.2) is 42.9 Å². The summed E-state index contributed by atoms with van der Waals surface area (Å²) >= 11 is 0. The van der Waals surface area contributed by atoms with Crippen LogP contribution in [-0.2, 0) is 9.53 Å². The second kappa shape index (κ2) is 9.05. The SMILES string of the molecule is CC(C)(C)OC=O.CN1CCN(c2ncnc3[nH]cc(-c4ccccc4)c23)CC1. The highest BCUT2D eigenvalue weighted by Gasteiger charge is 2.20. The molecule has 0 bridgehead atoms. The van der Waals surface area contributed by atoms with Crippen LogP contribution in [0.2, 0.25) is 0 Å². The van der Waals surface area contributed by atoms with Gasteiger partial charge in [0.1, 0.15) is 23.4 Å². The van der Waals surface area contributed by atoms with Crippen LogP contribution in [0.1, 0.15) is 20.8 Å². The Hall–Kier alpha value is -2.93. The van der Waals surface area contributed by atoms with Crippen LogP contribution in [0, 0.1) is 0 Å². The number of nitrogens with zero attached hydrogens (tertiary/aromatic N) is 4. The fourth-order valence-electron chi connectivity index (χ4n) is 3.19. The number of likely N-dealkylation sites (N-methyl/N-ethyl adjacent to an activating group) is 1. The van der Waals surface area contributed by atoms with Crippen LogP contribution in [0.4, 0.5) is 5.82 Å². The van der Waals surface area contributed by atoms with Crippen molar-refractivity contribution >= 4 is 23.3 Å². The number of benzene rings is 1. The number of hydrogen-bond acceptors (Lipinski definition) is 6. The summed E-state index contributed by atoms with van der Waals surface area (Å²) in [6, 6.07) is 10.4. The molecular formula is C22H29N5O2. The van der Waals surface area contributed by atoms with Crippen molar-refractivity contribution < 1.29 is 9.53 Å². The highest BCUT2D eigenvalue weighted by atomic mass is 16.5. The molecule has 0 aliphatic carbocycles. The molecule has 1 aliphatic heterocycles. The quantitative estimate of drug-likeness (QED) is 0.686. The van der Waals surface area contributed by atoms with E-state index < -0.39 is 0 Å². The highest BCUT2D eigenvalue weighted by molar-refractivity contribution is 6.01. The van der Waals surface area contributed by atoms with Crippen molar-refractivity contribution in [3.63, 3.8) is 0 Å². The molecule has 0 unspecified atom stereocenters. The number of H-pyrrole nitrogens is 1. The summed E-state index contributed by atoms with van der Waals surface area (Å²) in [5.41, 5.74) is 2.95. The molecule has 1 N–H and O–H groups in total. The van der Waals surface area contributed by atoms with Crippen LogP contribution in [0.25, 0.3) is 22.2 Å². The Morgan fingerprint density at radius 3 is 2.34 bits per heavy atom. The maximum absolute atomic E-state index is 9.60. The van der Waals surface area contributed by atoms with Gasteiger partial charge in [-0.1, -0.05) is 30.3 Å². The van der Waals surface area contributed by atoms with E-state index in [1.165, 1.54) is 11.1 Å². The molecule has 0 amide bonds.